The highest BCUT2D eigenvalue weighted by Gasteiger charge is 2.31. The van der Waals surface area contributed by atoms with E-state index >= 15 is 0 Å². The van der Waals surface area contributed by atoms with Crippen molar-refractivity contribution in [3.63, 3.8) is 0 Å². The van der Waals surface area contributed by atoms with Gasteiger partial charge in [0.1, 0.15) is 11.1 Å². The average molecular weight is 682 g/mol. The summed E-state index contributed by atoms with van der Waals surface area (Å²) < 4.78 is 12.5. The number of rotatable bonds is 10. The minimum absolute atomic E-state index is 0.0803. The number of hydrogen-bond acceptors (Lipinski definition) is 7. The molecule has 2 aliphatic heterocycles. The van der Waals surface area contributed by atoms with Gasteiger partial charge in [0.2, 0.25) is 12.1 Å². The molecular weight excluding hydrogens is 644 g/mol. The van der Waals surface area contributed by atoms with Crippen molar-refractivity contribution in [2.45, 2.75) is 32.5 Å². The van der Waals surface area contributed by atoms with E-state index in [-0.39, 0.29) is 22.8 Å². The molecular formula is C39H37N8O4+. The zero-order valence-corrected chi connectivity index (χ0v) is 28.2. The molecule has 6 heterocycles. The number of carbonyl (C=O) groups excluding carboxylic acids is 2. The smallest absolute Gasteiger partial charge is 0.264 e. The van der Waals surface area contributed by atoms with Crippen molar-refractivity contribution in [1.82, 2.24) is 28.9 Å². The lowest BCUT2D eigenvalue weighted by molar-refractivity contribution is -0.725. The zero-order chi connectivity index (χ0) is 34.9. The van der Waals surface area contributed by atoms with Crippen molar-refractivity contribution in [3.8, 4) is 17.2 Å². The Hall–Kier alpha value is -6.30. The first-order chi connectivity index (χ1) is 24.9. The third-order valence-corrected chi connectivity index (χ3v) is 9.56. The van der Waals surface area contributed by atoms with E-state index in [1.807, 2.05) is 68.6 Å². The molecule has 0 radical (unpaired) electrons. The SMILES string of the molecule is CN(CCc1ccccn1)C(=O)c1ccc2c(c1)Oc1c(NCCCn3ccnc3)ccc3c(=O)c(C(=O)N4CCc5cccc[n+]5C4)cn-2c13. The molecule has 0 saturated carbocycles. The fourth-order valence-corrected chi connectivity index (χ4v) is 6.78. The lowest BCUT2D eigenvalue weighted by Gasteiger charge is -2.28. The summed E-state index contributed by atoms with van der Waals surface area (Å²) in [4.78, 5) is 53.6. The molecule has 1 N–H and O–H groups in total. The fourth-order valence-electron chi connectivity index (χ4n) is 6.78. The van der Waals surface area contributed by atoms with Crippen LogP contribution in [0.4, 0.5) is 5.69 Å². The van der Waals surface area contributed by atoms with Gasteiger partial charge in [0, 0.05) is 87.8 Å². The van der Waals surface area contributed by atoms with Crippen LogP contribution in [0.5, 0.6) is 11.5 Å². The number of carbonyl (C=O) groups is 2. The van der Waals surface area contributed by atoms with Crippen LogP contribution in [0.1, 0.15) is 38.5 Å². The molecule has 12 heteroatoms. The van der Waals surface area contributed by atoms with Crippen LogP contribution in [0, 0.1) is 0 Å². The van der Waals surface area contributed by atoms with Crippen LogP contribution in [-0.4, -0.2) is 67.4 Å². The van der Waals surface area contributed by atoms with Crippen LogP contribution in [-0.2, 0) is 26.1 Å². The van der Waals surface area contributed by atoms with Crippen molar-refractivity contribution in [2.24, 2.45) is 0 Å². The molecule has 0 atom stereocenters. The van der Waals surface area contributed by atoms with Gasteiger partial charge in [0.05, 0.1) is 29.5 Å². The maximum atomic E-state index is 14.1. The first-order valence-corrected chi connectivity index (χ1v) is 17.1. The number of benzene rings is 2. The van der Waals surface area contributed by atoms with Gasteiger partial charge in [-0.3, -0.25) is 24.3 Å². The summed E-state index contributed by atoms with van der Waals surface area (Å²) in [6.07, 6.45) is 12.9. The van der Waals surface area contributed by atoms with Crippen molar-refractivity contribution in [2.75, 3.05) is 32.0 Å². The predicted octanol–water partition coefficient (Wildman–Crippen LogP) is 4.45. The third-order valence-electron chi connectivity index (χ3n) is 9.56. The standard InChI is InChI=1S/C39H36N8O4/c1-43(20-13-28-7-2-4-15-41-28)38(49)27-9-12-33-34(23-27)51-37-32(42-16-6-18-44-22-17-40-25-44)11-10-30-35(37)47(33)24-31(36(30)48)39(50)46-21-14-29-8-3-5-19-45(29)26-46/h2-5,7-12,15,17,19,22-25H,6,13-14,16,18,20-21,26H2,1H3/p+1. The maximum Gasteiger partial charge on any atom is 0.264 e. The van der Waals surface area contributed by atoms with Gasteiger partial charge >= 0.3 is 0 Å². The summed E-state index contributed by atoms with van der Waals surface area (Å²) in [6, 6.07) is 20.6. The Balaban J connectivity index is 1.14. The highest BCUT2D eigenvalue weighted by atomic mass is 16.5. The van der Waals surface area contributed by atoms with Crippen LogP contribution in [0.15, 0.2) is 109 Å². The minimum Gasteiger partial charge on any atom is -0.451 e. The summed E-state index contributed by atoms with van der Waals surface area (Å²) in [5.41, 5.74) is 4.14. The van der Waals surface area contributed by atoms with Crippen molar-refractivity contribution in [3.05, 3.63) is 137 Å². The number of ether oxygens (including phenoxy) is 1. The van der Waals surface area contributed by atoms with Gasteiger partial charge in [0.25, 0.3) is 11.8 Å². The largest absolute Gasteiger partial charge is 0.451 e. The Morgan fingerprint density at radius 3 is 2.80 bits per heavy atom. The van der Waals surface area contributed by atoms with E-state index in [1.165, 1.54) is 0 Å². The number of nitrogens with one attached hydrogen (secondary N) is 1. The van der Waals surface area contributed by atoms with Gasteiger partial charge < -0.3 is 24.1 Å². The van der Waals surface area contributed by atoms with E-state index in [9.17, 15) is 14.4 Å². The molecule has 4 aromatic heterocycles. The number of pyridine rings is 3. The molecule has 256 valence electrons. The normalized spacial score (nSPS) is 12.9. The van der Waals surface area contributed by atoms with E-state index in [1.54, 1.807) is 60.0 Å². The van der Waals surface area contributed by atoms with E-state index in [2.05, 4.69) is 21.4 Å². The Morgan fingerprint density at radius 1 is 1.06 bits per heavy atom. The average Bonchev–Trinajstić information content (AvgIpc) is 3.70. The Labute approximate surface area is 294 Å². The first kappa shape index (κ1) is 31.9. The Kier molecular flexibility index (Phi) is 8.48. The molecule has 2 aliphatic rings. The van der Waals surface area contributed by atoms with Crippen LogP contribution in [0.2, 0.25) is 0 Å². The summed E-state index contributed by atoms with van der Waals surface area (Å²) in [7, 11) is 1.77. The monoisotopic (exact) mass is 681 g/mol. The van der Waals surface area contributed by atoms with Crippen LogP contribution in [0.3, 0.4) is 0 Å². The zero-order valence-electron chi connectivity index (χ0n) is 28.2. The minimum atomic E-state index is -0.351. The third kappa shape index (κ3) is 6.20. The first-order valence-electron chi connectivity index (χ1n) is 17.1. The van der Waals surface area contributed by atoms with Crippen LogP contribution >= 0.6 is 0 Å². The van der Waals surface area contributed by atoms with Gasteiger partial charge in [-0.05, 0) is 48.9 Å². The lowest BCUT2D eigenvalue weighted by atomic mass is 10.0. The molecule has 0 saturated heterocycles. The molecule has 0 aliphatic carbocycles. The van der Waals surface area contributed by atoms with Crippen LogP contribution in [0.25, 0.3) is 16.6 Å². The number of fused-ring (bicyclic) bond motifs is 3. The summed E-state index contributed by atoms with van der Waals surface area (Å²) in [5.74, 6) is 0.433. The number of amides is 2. The summed E-state index contributed by atoms with van der Waals surface area (Å²) in [5, 5.41) is 3.86. The molecule has 0 bridgehead atoms. The van der Waals surface area contributed by atoms with Gasteiger partial charge in [-0.15, -0.1) is 0 Å². The van der Waals surface area contributed by atoms with Crippen molar-refractivity contribution >= 4 is 28.4 Å². The van der Waals surface area contributed by atoms with Gasteiger partial charge in [-0.1, -0.05) is 12.1 Å². The molecule has 6 aromatic rings. The molecule has 51 heavy (non-hydrogen) atoms. The number of anilines is 1. The number of nitrogens with zero attached hydrogens (tertiary/aromatic N) is 7. The summed E-state index contributed by atoms with van der Waals surface area (Å²) >= 11 is 0. The molecule has 2 amide bonds. The van der Waals surface area contributed by atoms with Crippen molar-refractivity contribution in [1.29, 1.82) is 0 Å². The van der Waals surface area contributed by atoms with Gasteiger partial charge in [-0.2, -0.15) is 4.57 Å². The Bertz CT molecular complexity index is 2320. The maximum absolute atomic E-state index is 14.1. The van der Waals surface area contributed by atoms with E-state index in [4.69, 9.17) is 4.74 Å². The fraction of sp³-hybridized carbons (Fsp3) is 0.231. The van der Waals surface area contributed by atoms with E-state index in [0.717, 1.165) is 24.4 Å². The second-order valence-electron chi connectivity index (χ2n) is 12.9. The summed E-state index contributed by atoms with van der Waals surface area (Å²) in [6.45, 7) is 2.79. The second kappa shape index (κ2) is 13.5. The predicted molar refractivity (Wildman–Crippen MR) is 191 cm³/mol. The van der Waals surface area contributed by atoms with E-state index < -0.39 is 0 Å². The number of imidazole rings is 1. The van der Waals surface area contributed by atoms with Gasteiger partial charge in [0.15, 0.2) is 23.4 Å². The quantitative estimate of drug-likeness (QED) is 0.168. The van der Waals surface area contributed by atoms with Crippen molar-refractivity contribution < 1.29 is 18.9 Å². The molecule has 2 aromatic carbocycles. The molecule has 0 unspecified atom stereocenters. The van der Waals surface area contributed by atoms with Crippen LogP contribution < -0.4 is 20.0 Å². The second-order valence-corrected chi connectivity index (χ2v) is 12.9. The van der Waals surface area contributed by atoms with E-state index in [0.29, 0.717) is 78.5 Å². The number of hydrogen-bond donors (Lipinski definition) is 1. The Morgan fingerprint density at radius 2 is 1.96 bits per heavy atom. The molecule has 0 fully saturated rings. The van der Waals surface area contributed by atoms with Gasteiger partial charge in [-0.25, -0.2) is 4.98 Å². The number of aromatic nitrogens is 5. The highest BCUT2D eigenvalue weighted by molar-refractivity contribution is 6.01. The molecule has 12 nitrogen and oxygen atoms in total. The molecule has 8 rings (SSSR count). The highest BCUT2D eigenvalue weighted by Crippen LogP contribution is 2.44. The number of likely N-dealkylation sites (N-methyl/N-ethyl adjacent to an activating group) is 1. The topological polar surface area (TPSA) is 118 Å². The molecule has 0 spiro atoms. The lowest BCUT2D eigenvalue weighted by Crippen LogP contribution is -2.54. The number of aryl methyl sites for hydroxylation is 1.